The molecule has 1 aromatic carbocycles. The van der Waals surface area contributed by atoms with Gasteiger partial charge in [-0.25, -0.2) is 0 Å². The van der Waals surface area contributed by atoms with E-state index in [9.17, 15) is 0 Å². The van der Waals surface area contributed by atoms with Crippen LogP contribution in [0.4, 0.5) is 0 Å². The van der Waals surface area contributed by atoms with Gasteiger partial charge >= 0.3 is 0 Å². The molecule has 0 aliphatic rings. The second-order valence-electron chi connectivity index (χ2n) is 2.93. The number of hydrogen-bond donors (Lipinski definition) is 0. The van der Waals surface area contributed by atoms with Gasteiger partial charge in [-0.15, -0.1) is 0 Å². The van der Waals surface area contributed by atoms with E-state index in [-0.39, 0.29) is 10.5 Å². The SMILES string of the molecule is C=S(C)c1ccc(CC=NC)cc1. The van der Waals surface area contributed by atoms with Crippen LogP contribution in [-0.2, 0) is 6.42 Å². The molecule has 1 rings (SSSR count). The van der Waals surface area contributed by atoms with Crippen molar-refractivity contribution >= 4 is 22.6 Å². The minimum Gasteiger partial charge on any atom is -0.301 e. The predicted octanol–water partition coefficient (Wildman–Crippen LogP) is 2.62. The summed E-state index contributed by atoms with van der Waals surface area (Å²) in [6, 6.07) is 8.58. The maximum Gasteiger partial charge on any atom is 0.0273 e. The van der Waals surface area contributed by atoms with Gasteiger partial charge in [0.05, 0.1) is 0 Å². The normalized spacial score (nSPS) is 13.4. The molecule has 0 saturated carbocycles. The maximum atomic E-state index is 4.00. The van der Waals surface area contributed by atoms with Crippen molar-refractivity contribution in [3.8, 4) is 0 Å². The van der Waals surface area contributed by atoms with Crippen LogP contribution in [0.15, 0.2) is 34.2 Å². The topological polar surface area (TPSA) is 12.4 Å². The molecule has 13 heavy (non-hydrogen) atoms. The number of benzene rings is 1. The first-order chi connectivity index (χ1) is 6.24. The molecule has 0 aromatic heterocycles. The Morgan fingerprint density at radius 1 is 1.38 bits per heavy atom. The van der Waals surface area contributed by atoms with E-state index in [0.717, 1.165) is 6.42 Å². The Morgan fingerprint density at radius 3 is 2.46 bits per heavy atom. The fourth-order valence-corrected chi connectivity index (χ4v) is 1.66. The molecule has 0 fully saturated rings. The summed E-state index contributed by atoms with van der Waals surface area (Å²) in [5.74, 6) is 4.00. The zero-order valence-electron chi connectivity index (χ0n) is 8.16. The van der Waals surface area contributed by atoms with Crippen LogP contribution in [0.2, 0.25) is 0 Å². The monoisotopic (exact) mass is 193 g/mol. The first-order valence-corrected chi connectivity index (χ1v) is 5.99. The molecule has 1 atom stereocenters. The van der Waals surface area contributed by atoms with Crippen molar-refractivity contribution in [3.63, 3.8) is 0 Å². The highest BCUT2D eigenvalue weighted by Crippen LogP contribution is 2.20. The largest absolute Gasteiger partial charge is 0.301 e. The van der Waals surface area contributed by atoms with Gasteiger partial charge < -0.3 is 4.99 Å². The van der Waals surface area contributed by atoms with Crippen LogP contribution >= 0.6 is 10.5 Å². The van der Waals surface area contributed by atoms with E-state index < -0.39 is 0 Å². The first kappa shape index (κ1) is 10.2. The van der Waals surface area contributed by atoms with Gasteiger partial charge in [0.2, 0.25) is 0 Å². The Kier molecular flexibility index (Phi) is 3.90. The molecule has 0 N–H and O–H groups in total. The van der Waals surface area contributed by atoms with Crippen molar-refractivity contribution < 1.29 is 0 Å². The summed E-state index contributed by atoms with van der Waals surface area (Å²) < 4.78 is 0. The lowest BCUT2D eigenvalue weighted by atomic mass is 10.2. The number of nitrogens with zero attached hydrogens (tertiary/aromatic N) is 1. The summed E-state index contributed by atoms with van der Waals surface area (Å²) >= 11 is 0. The number of rotatable bonds is 3. The zero-order chi connectivity index (χ0) is 9.68. The molecule has 0 bridgehead atoms. The highest BCUT2D eigenvalue weighted by Gasteiger charge is 1.92. The highest BCUT2D eigenvalue weighted by molar-refractivity contribution is 8.13. The Labute approximate surface area is 82.4 Å². The third kappa shape index (κ3) is 3.15. The van der Waals surface area contributed by atoms with Crippen molar-refractivity contribution in [1.29, 1.82) is 0 Å². The Bertz CT molecular complexity index is 311. The average molecular weight is 193 g/mol. The zero-order valence-corrected chi connectivity index (χ0v) is 8.97. The molecule has 70 valence electrons. The summed E-state index contributed by atoms with van der Waals surface area (Å²) in [6.45, 7) is 0. The van der Waals surface area contributed by atoms with Gasteiger partial charge in [-0.3, -0.25) is 0 Å². The molecule has 1 nitrogen and oxygen atoms in total. The molecule has 1 unspecified atom stereocenters. The molecule has 0 aliphatic heterocycles. The Morgan fingerprint density at radius 2 is 2.00 bits per heavy atom. The molecule has 0 heterocycles. The van der Waals surface area contributed by atoms with Crippen LogP contribution in [0.25, 0.3) is 0 Å². The van der Waals surface area contributed by atoms with Gasteiger partial charge in [0.25, 0.3) is 0 Å². The second-order valence-corrected chi connectivity index (χ2v) is 4.67. The van der Waals surface area contributed by atoms with Gasteiger partial charge in [-0.1, -0.05) is 18.0 Å². The van der Waals surface area contributed by atoms with Gasteiger partial charge in [0.15, 0.2) is 0 Å². The molecular weight excluding hydrogens is 178 g/mol. The summed E-state index contributed by atoms with van der Waals surface area (Å²) in [5.41, 5.74) is 1.31. The fourth-order valence-electron chi connectivity index (χ4n) is 1.05. The summed E-state index contributed by atoms with van der Waals surface area (Å²) in [6.07, 6.45) is 4.97. The standard InChI is InChI=1S/C11H15NS/c1-12-9-8-10-4-6-11(7-5-10)13(2)3/h4-7,9H,2,8H2,1,3H3. The highest BCUT2D eigenvalue weighted by atomic mass is 32.2. The third-order valence-corrected chi connectivity index (χ3v) is 2.91. The van der Waals surface area contributed by atoms with Crippen molar-refractivity contribution in [2.75, 3.05) is 13.3 Å². The number of aliphatic imine (C=N–C) groups is 1. The lowest BCUT2D eigenvalue weighted by molar-refractivity contribution is 1.29. The average Bonchev–Trinajstić information content (AvgIpc) is 2.15. The molecule has 0 radical (unpaired) electrons. The van der Waals surface area contributed by atoms with E-state index in [2.05, 4.69) is 41.4 Å². The van der Waals surface area contributed by atoms with Crippen molar-refractivity contribution in [2.45, 2.75) is 11.3 Å². The van der Waals surface area contributed by atoms with E-state index in [1.165, 1.54) is 10.5 Å². The van der Waals surface area contributed by atoms with Crippen LogP contribution in [0, 0.1) is 0 Å². The predicted molar refractivity (Wildman–Crippen MR) is 63.5 cm³/mol. The maximum absolute atomic E-state index is 4.00. The van der Waals surface area contributed by atoms with E-state index in [1.54, 1.807) is 7.05 Å². The molecule has 0 saturated heterocycles. The van der Waals surface area contributed by atoms with Crippen LogP contribution in [0.5, 0.6) is 0 Å². The van der Waals surface area contributed by atoms with Crippen LogP contribution in [0.1, 0.15) is 5.56 Å². The molecular formula is C11H15NS. The molecule has 0 aliphatic carbocycles. The van der Waals surface area contributed by atoms with Crippen LogP contribution in [0.3, 0.4) is 0 Å². The fraction of sp³-hybridized carbons (Fsp3) is 0.273. The third-order valence-electron chi connectivity index (χ3n) is 1.84. The lowest BCUT2D eigenvalue weighted by Gasteiger charge is -2.01. The van der Waals surface area contributed by atoms with Crippen LogP contribution in [-0.4, -0.2) is 25.4 Å². The second kappa shape index (κ2) is 4.97. The summed E-state index contributed by atoms with van der Waals surface area (Å²) in [5, 5.41) is 0. The first-order valence-electron chi connectivity index (χ1n) is 4.19. The van der Waals surface area contributed by atoms with E-state index in [1.807, 2.05) is 6.21 Å². The van der Waals surface area contributed by atoms with E-state index >= 15 is 0 Å². The smallest absolute Gasteiger partial charge is 0.0273 e. The van der Waals surface area contributed by atoms with Gasteiger partial charge in [0, 0.05) is 24.6 Å². The minimum atomic E-state index is 0.123. The van der Waals surface area contributed by atoms with Gasteiger partial charge in [-0.05, 0) is 24.0 Å². The Balaban J connectivity index is 2.75. The van der Waals surface area contributed by atoms with Crippen molar-refractivity contribution in [1.82, 2.24) is 0 Å². The van der Waals surface area contributed by atoms with Crippen molar-refractivity contribution in [2.24, 2.45) is 4.99 Å². The van der Waals surface area contributed by atoms with Crippen molar-refractivity contribution in [3.05, 3.63) is 29.8 Å². The summed E-state index contributed by atoms with van der Waals surface area (Å²) in [7, 11) is 1.92. The quantitative estimate of drug-likeness (QED) is 0.517. The number of hydrogen-bond acceptors (Lipinski definition) is 1. The summed E-state index contributed by atoms with van der Waals surface area (Å²) in [4.78, 5) is 5.27. The molecule has 2 heteroatoms. The molecule has 0 spiro atoms. The Hall–Kier alpha value is -0.890. The van der Waals surface area contributed by atoms with Crippen LogP contribution < -0.4 is 0 Å². The lowest BCUT2D eigenvalue weighted by Crippen LogP contribution is -1.85. The van der Waals surface area contributed by atoms with Gasteiger partial charge in [-0.2, -0.15) is 10.5 Å². The van der Waals surface area contributed by atoms with E-state index in [4.69, 9.17) is 0 Å². The minimum absolute atomic E-state index is 0.123. The molecule has 1 aromatic rings. The molecule has 0 amide bonds. The van der Waals surface area contributed by atoms with Gasteiger partial charge in [0.1, 0.15) is 0 Å². The van der Waals surface area contributed by atoms with E-state index in [0.29, 0.717) is 0 Å².